The van der Waals surface area contributed by atoms with E-state index in [0.29, 0.717) is 19.5 Å². The number of likely N-dealkylation sites (N-methyl/N-ethyl adjacent to an activating group) is 1. The van der Waals surface area contributed by atoms with Crippen LogP contribution in [0.2, 0.25) is 0 Å². The maximum atomic E-state index is 13.4. The van der Waals surface area contributed by atoms with Gasteiger partial charge in [0.25, 0.3) is 0 Å². The molecule has 0 aliphatic heterocycles. The van der Waals surface area contributed by atoms with E-state index in [4.69, 9.17) is 4.52 Å². The first kappa shape index (κ1) is 23.5. The monoisotopic (exact) mass is 434 g/mol. The van der Waals surface area contributed by atoms with Gasteiger partial charge in [-0.15, -0.1) is 0 Å². The van der Waals surface area contributed by atoms with Gasteiger partial charge < -0.3 is 19.2 Å². The Kier molecular flexibility index (Phi) is 8.45. The van der Waals surface area contributed by atoms with E-state index in [0.717, 1.165) is 47.9 Å². The molecule has 1 aromatic heterocycles. The van der Waals surface area contributed by atoms with Crippen LogP contribution in [0.25, 0.3) is 11.3 Å². The summed E-state index contributed by atoms with van der Waals surface area (Å²) in [5.41, 5.74) is 3.77. The predicted octanol–water partition coefficient (Wildman–Crippen LogP) is 4.32. The smallest absolute Gasteiger partial charge is 0.232 e. The van der Waals surface area contributed by atoms with E-state index >= 15 is 0 Å². The fourth-order valence-electron chi connectivity index (χ4n) is 3.71. The lowest BCUT2D eigenvalue weighted by Crippen LogP contribution is -2.37. The minimum atomic E-state index is 0.101. The highest BCUT2D eigenvalue weighted by Crippen LogP contribution is 2.32. The van der Waals surface area contributed by atoms with E-state index in [1.54, 1.807) is 0 Å². The molecular formula is C26H34N4O2. The molecule has 6 heteroatoms. The van der Waals surface area contributed by atoms with Crippen LogP contribution in [-0.4, -0.2) is 61.1 Å². The molecule has 0 saturated heterocycles. The number of benzene rings is 2. The number of rotatable bonds is 11. The number of amides is 1. The van der Waals surface area contributed by atoms with Crippen LogP contribution in [0, 0.1) is 0 Å². The topological polar surface area (TPSA) is 52.8 Å². The van der Waals surface area contributed by atoms with Crippen molar-refractivity contribution in [1.82, 2.24) is 15.0 Å². The van der Waals surface area contributed by atoms with E-state index in [2.05, 4.69) is 28.8 Å². The second kappa shape index (κ2) is 11.5. The summed E-state index contributed by atoms with van der Waals surface area (Å²) in [4.78, 5) is 19.5. The molecule has 0 spiro atoms. The molecule has 32 heavy (non-hydrogen) atoms. The lowest BCUT2D eigenvalue weighted by atomic mass is 10.1. The van der Waals surface area contributed by atoms with Crippen molar-refractivity contribution < 1.29 is 9.32 Å². The van der Waals surface area contributed by atoms with E-state index in [9.17, 15) is 4.79 Å². The standard InChI is InChI=1S/C26H34N4O2/c1-5-29(6-2)26-23(25(27-32-26)22-15-11-8-12-16-22)20-30(18-17-28(3)4)24(31)19-21-13-9-7-10-14-21/h7-16H,5-6,17-20H2,1-4H3. The molecule has 0 atom stereocenters. The van der Waals surface area contributed by atoms with Gasteiger partial charge in [0.05, 0.1) is 18.5 Å². The van der Waals surface area contributed by atoms with Gasteiger partial charge in [0.1, 0.15) is 5.69 Å². The van der Waals surface area contributed by atoms with Gasteiger partial charge in [0.15, 0.2) is 0 Å². The summed E-state index contributed by atoms with van der Waals surface area (Å²) in [7, 11) is 4.05. The zero-order chi connectivity index (χ0) is 22.9. The zero-order valence-corrected chi connectivity index (χ0v) is 19.6. The fourth-order valence-corrected chi connectivity index (χ4v) is 3.71. The minimum absolute atomic E-state index is 0.101. The Hall–Kier alpha value is -3.12. The molecule has 3 rings (SSSR count). The van der Waals surface area contributed by atoms with Gasteiger partial charge in [-0.05, 0) is 33.5 Å². The quantitative estimate of drug-likeness (QED) is 0.450. The van der Waals surface area contributed by atoms with Crippen molar-refractivity contribution in [3.63, 3.8) is 0 Å². The molecule has 0 aliphatic carbocycles. The molecule has 3 aromatic rings. The van der Waals surface area contributed by atoms with Crippen molar-refractivity contribution in [2.24, 2.45) is 0 Å². The zero-order valence-electron chi connectivity index (χ0n) is 19.6. The lowest BCUT2D eigenvalue weighted by molar-refractivity contribution is -0.131. The van der Waals surface area contributed by atoms with Crippen LogP contribution in [0.4, 0.5) is 5.88 Å². The number of aromatic nitrogens is 1. The van der Waals surface area contributed by atoms with Gasteiger partial charge in [-0.2, -0.15) is 0 Å². The summed E-state index contributed by atoms with van der Waals surface area (Å²) < 4.78 is 5.85. The van der Waals surface area contributed by atoms with E-state index in [1.807, 2.05) is 79.7 Å². The number of carbonyl (C=O) groups is 1. The molecule has 1 amide bonds. The van der Waals surface area contributed by atoms with Crippen molar-refractivity contribution in [3.05, 3.63) is 71.8 Å². The summed E-state index contributed by atoms with van der Waals surface area (Å²) in [5, 5.41) is 4.43. The maximum Gasteiger partial charge on any atom is 0.232 e. The van der Waals surface area contributed by atoms with Gasteiger partial charge in [-0.25, -0.2) is 0 Å². The third-order valence-electron chi connectivity index (χ3n) is 5.58. The predicted molar refractivity (Wildman–Crippen MR) is 130 cm³/mol. The molecule has 0 bridgehead atoms. The summed E-state index contributed by atoms with van der Waals surface area (Å²) in [5.74, 6) is 0.847. The van der Waals surface area contributed by atoms with Gasteiger partial charge in [0.2, 0.25) is 11.8 Å². The third kappa shape index (κ3) is 5.98. The van der Waals surface area contributed by atoms with Crippen LogP contribution >= 0.6 is 0 Å². The third-order valence-corrected chi connectivity index (χ3v) is 5.58. The fraction of sp³-hybridized carbons (Fsp3) is 0.385. The van der Waals surface area contributed by atoms with Crippen molar-refractivity contribution in [2.75, 3.05) is 45.2 Å². The SMILES string of the molecule is CCN(CC)c1onc(-c2ccccc2)c1CN(CCN(C)C)C(=O)Cc1ccccc1. The Morgan fingerprint density at radius 3 is 2.12 bits per heavy atom. The van der Waals surface area contributed by atoms with Gasteiger partial charge >= 0.3 is 0 Å². The van der Waals surface area contributed by atoms with Crippen molar-refractivity contribution in [3.8, 4) is 11.3 Å². The molecule has 6 nitrogen and oxygen atoms in total. The van der Waals surface area contributed by atoms with E-state index < -0.39 is 0 Å². The number of hydrogen-bond acceptors (Lipinski definition) is 5. The Morgan fingerprint density at radius 1 is 0.906 bits per heavy atom. The van der Waals surface area contributed by atoms with Gasteiger partial charge in [-0.3, -0.25) is 4.79 Å². The summed E-state index contributed by atoms with van der Waals surface area (Å²) >= 11 is 0. The number of carbonyl (C=O) groups excluding carboxylic acids is 1. The van der Waals surface area contributed by atoms with Crippen molar-refractivity contribution in [2.45, 2.75) is 26.8 Å². The van der Waals surface area contributed by atoms with Crippen LogP contribution in [0.3, 0.4) is 0 Å². The molecular weight excluding hydrogens is 400 g/mol. The summed E-state index contributed by atoms with van der Waals surface area (Å²) in [6, 6.07) is 19.9. The Morgan fingerprint density at radius 2 is 1.53 bits per heavy atom. The second-order valence-corrected chi connectivity index (χ2v) is 8.13. The van der Waals surface area contributed by atoms with E-state index in [-0.39, 0.29) is 5.91 Å². The first-order valence-corrected chi connectivity index (χ1v) is 11.3. The van der Waals surface area contributed by atoms with Crippen LogP contribution in [0.5, 0.6) is 0 Å². The van der Waals surface area contributed by atoms with Crippen LogP contribution in [0.15, 0.2) is 65.2 Å². The molecule has 0 fully saturated rings. The largest absolute Gasteiger partial charge is 0.341 e. The van der Waals surface area contributed by atoms with Gasteiger partial charge in [0, 0.05) is 31.7 Å². The second-order valence-electron chi connectivity index (χ2n) is 8.13. The molecule has 0 aliphatic rings. The van der Waals surface area contributed by atoms with Crippen molar-refractivity contribution in [1.29, 1.82) is 0 Å². The summed E-state index contributed by atoms with van der Waals surface area (Å²) in [6.07, 6.45) is 0.376. The molecule has 170 valence electrons. The highest BCUT2D eigenvalue weighted by Gasteiger charge is 2.25. The van der Waals surface area contributed by atoms with Crippen molar-refractivity contribution >= 4 is 11.8 Å². The molecule has 0 unspecified atom stereocenters. The Labute approximate surface area is 191 Å². The van der Waals surface area contributed by atoms with E-state index in [1.165, 1.54) is 0 Å². The Balaban J connectivity index is 1.95. The Bertz CT molecular complexity index is 966. The number of nitrogens with zero attached hydrogens (tertiary/aromatic N) is 4. The van der Waals surface area contributed by atoms with Crippen LogP contribution in [-0.2, 0) is 17.8 Å². The first-order valence-electron chi connectivity index (χ1n) is 11.3. The highest BCUT2D eigenvalue weighted by molar-refractivity contribution is 5.79. The van der Waals surface area contributed by atoms with Gasteiger partial charge in [-0.1, -0.05) is 65.8 Å². The molecule has 0 saturated carbocycles. The molecule has 2 aromatic carbocycles. The molecule has 1 heterocycles. The molecule has 0 N–H and O–H groups in total. The van der Waals surface area contributed by atoms with Crippen LogP contribution < -0.4 is 4.90 Å². The lowest BCUT2D eigenvalue weighted by Gasteiger charge is -2.26. The summed E-state index contributed by atoms with van der Waals surface area (Å²) in [6.45, 7) is 7.69. The van der Waals surface area contributed by atoms with Crippen LogP contribution in [0.1, 0.15) is 25.0 Å². The number of hydrogen-bond donors (Lipinski definition) is 0. The minimum Gasteiger partial charge on any atom is -0.341 e. The molecule has 0 radical (unpaired) electrons. The average molecular weight is 435 g/mol. The number of anilines is 1. The normalized spacial score (nSPS) is 11.0. The maximum absolute atomic E-state index is 13.4. The average Bonchev–Trinajstić information content (AvgIpc) is 3.22. The first-order chi connectivity index (χ1) is 15.5. The highest BCUT2D eigenvalue weighted by atomic mass is 16.5.